The second-order valence-corrected chi connectivity index (χ2v) is 4.78. The summed E-state index contributed by atoms with van der Waals surface area (Å²) in [5.74, 6) is 1.40. The molecule has 2 nitrogen and oxygen atoms in total. The molecule has 1 aliphatic rings. The van der Waals surface area contributed by atoms with E-state index in [1.165, 1.54) is 25.7 Å². The average Bonchev–Trinajstić information content (AvgIpc) is 2.19. The van der Waals surface area contributed by atoms with Gasteiger partial charge in [-0.3, -0.25) is 0 Å². The van der Waals surface area contributed by atoms with Crippen molar-refractivity contribution in [1.82, 2.24) is 5.32 Å². The molecule has 0 aromatic rings. The molecule has 1 aliphatic carbocycles. The Bertz CT molecular complexity index is 158. The number of ether oxygens (including phenoxy) is 1. The Balaban J connectivity index is 2.60. The van der Waals surface area contributed by atoms with Crippen molar-refractivity contribution in [1.29, 1.82) is 0 Å². The summed E-state index contributed by atoms with van der Waals surface area (Å²) < 4.78 is 5.60. The molecule has 0 aromatic carbocycles. The summed E-state index contributed by atoms with van der Waals surface area (Å²) in [5, 5.41) is 3.46. The number of rotatable bonds is 4. The van der Waals surface area contributed by atoms with Crippen LogP contribution in [0.1, 0.15) is 39.5 Å². The molecule has 0 aliphatic heterocycles. The number of methoxy groups -OCH3 is 1. The molecule has 0 radical (unpaired) electrons. The third-order valence-electron chi connectivity index (χ3n) is 3.57. The Hall–Kier alpha value is -0.0800. The summed E-state index contributed by atoms with van der Waals surface area (Å²) in [6, 6.07) is 0.611. The zero-order chi connectivity index (χ0) is 10.6. The van der Waals surface area contributed by atoms with Crippen LogP contribution in [0.15, 0.2) is 0 Å². The van der Waals surface area contributed by atoms with E-state index < -0.39 is 0 Å². The largest absolute Gasteiger partial charge is 0.381 e. The van der Waals surface area contributed by atoms with Crippen molar-refractivity contribution in [3.63, 3.8) is 0 Å². The summed E-state index contributed by atoms with van der Waals surface area (Å²) in [7, 11) is 3.93. The molecular weight excluding hydrogens is 174 g/mol. The van der Waals surface area contributed by atoms with Crippen molar-refractivity contribution < 1.29 is 4.74 Å². The lowest BCUT2D eigenvalue weighted by molar-refractivity contribution is 0.00174. The minimum absolute atomic E-state index is 0.476. The zero-order valence-corrected chi connectivity index (χ0v) is 10.0. The van der Waals surface area contributed by atoms with Crippen LogP contribution in [0.3, 0.4) is 0 Å². The van der Waals surface area contributed by atoms with E-state index in [-0.39, 0.29) is 0 Å². The summed E-state index contributed by atoms with van der Waals surface area (Å²) >= 11 is 0. The maximum Gasteiger partial charge on any atom is 0.0614 e. The lowest BCUT2D eigenvalue weighted by Crippen LogP contribution is -2.45. The topological polar surface area (TPSA) is 21.3 Å². The van der Waals surface area contributed by atoms with Gasteiger partial charge in [-0.25, -0.2) is 0 Å². The molecule has 2 heteroatoms. The first-order chi connectivity index (χ1) is 6.70. The number of hydrogen-bond acceptors (Lipinski definition) is 2. The van der Waals surface area contributed by atoms with Crippen molar-refractivity contribution in [2.24, 2.45) is 11.8 Å². The second kappa shape index (κ2) is 5.72. The first kappa shape index (κ1) is 12.0. The van der Waals surface area contributed by atoms with Gasteiger partial charge in [0.05, 0.1) is 6.10 Å². The van der Waals surface area contributed by atoms with Gasteiger partial charge >= 0.3 is 0 Å². The number of nitrogens with one attached hydrogen (secondary N) is 1. The molecule has 1 N–H and O–H groups in total. The van der Waals surface area contributed by atoms with Gasteiger partial charge in [0.25, 0.3) is 0 Å². The van der Waals surface area contributed by atoms with E-state index in [1.807, 2.05) is 7.11 Å². The van der Waals surface area contributed by atoms with Crippen LogP contribution in [-0.2, 0) is 4.74 Å². The molecule has 0 heterocycles. The van der Waals surface area contributed by atoms with Crippen LogP contribution in [0, 0.1) is 11.8 Å². The van der Waals surface area contributed by atoms with E-state index in [1.54, 1.807) is 0 Å². The predicted octanol–water partition coefficient (Wildman–Crippen LogP) is 2.44. The van der Waals surface area contributed by atoms with Gasteiger partial charge in [-0.15, -0.1) is 0 Å². The molecule has 3 unspecified atom stereocenters. The van der Waals surface area contributed by atoms with Crippen LogP contribution in [0.5, 0.6) is 0 Å². The van der Waals surface area contributed by atoms with Crippen molar-refractivity contribution in [3.05, 3.63) is 0 Å². The van der Waals surface area contributed by atoms with Gasteiger partial charge in [0.15, 0.2) is 0 Å². The second-order valence-electron chi connectivity index (χ2n) is 4.78. The van der Waals surface area contributed by atoms with Crippen LogP contribution in [0.25, 0.3) is 0 Å². The predicted molar refractivity (Wildman–Crippen MR) is 60.4 cm³/mol. The first-order valence-corrected chi connectivity index (χ1v) is 5.90. The Morgan fingerprint density at radius 2 is 1.86 bits per heavy atom. The van der Waals surface area contributed by atoms with E-state index in [2.05, 4.69) is 26.2 Å². The lowest BCUT2D eigenvalue weighted by Gasteiger charge is -2.38. The van der Waals surface area contributed by atoms with E-state index in [0.717, 1.165) is 0 Å². The molecule has 0 spiro atoms. The first-order valence-electron chi connectivity index (χ1n) is 5.90. The van der Waals surface area contributed by atoms with Gasteiger partial charge in [-0.1, -0.05) is 26.7 Å². The summed E-state index contributed by atoms with van der Waals surface area (Å²) in [4.78, 5) is 0. The molecule has 1 rings (SSSR count). The highest BCUT2D eigenvalue weighted by Crippen LogP contribution is 2.31. The summed E-state index contributed by atoms with van der Waals surface area (Å²) in [6.07, 6.45) is 5.75. The molecule has 0 amide bonds. The van der Waals surface area contributed by atoms with Crippen LogP contribution in [-0.4, -0.2) is 26.3 Å². The Morgan fingerprint density at radius 3 is 2.36 bits per heavy atom. The highest BCUT2D eigenvalue weighted by Gasteiger charge is 2.32. The van der Waals surface area contributed by atoms with Gasteiger partial charge in [0, 0.05) is 19.1 Å². The summed E-state index contributed by atoms with van der Waals surface area (Å²) in [6.45, 7) is 4.59. The quantitative estimate of drug-likeness (QED) is 0.751. The monoisotopic (exact) mass is 199 g/mol. The zero-order valence-electron chi connectivity index (χ0n) is 10.0. The van der Waals surface area contributed by atoms with Gasteiger partial charge in [-0.05, 0) is 25.8 Å². The fourth-order valence-corrected chi connectivity index (χ4v) is 2.87. The maximum absolute atomic E-state index is 5.60. The highest BCUT2D eigenvalue weighted by atomic mass is 16.5. The van der Waals surface area contributed by atoms with Crippen LogP contribution < -0.4 is 5.32 Å². The Kier molecular flexibility index (Phi) is 4.90. The standard InChI is InChI=1S/C12H25NO/c1-9(2)12(13-3)10-7-5-6-8-11(10)14-4/h9-13H,5-8H2,1-4H3. The maximum atomic E-state index is 5.60. The van der Waals surface area contributed by atoms with Gasteiger partial charge < -0.3 is 10.1 Å². The van der Waals surface area contributed by atoms with E-state index in [0.29, 0.717) is 24.0 Å². The van der Waals surface area contributed by atoms with Gasteiger partial charge in [-0.2, -0.15) is 0 Å². The third-order valence-corrected chi connectivity index (χ3v) is 3.57. The summed E-state index contributed by atoms with van der Waals surface area (Å²) in [5.41, 5.74) is 0. The van der Waals surface area contributed by atoms with E-state index >= 15 is 0 Å². The van der Waals surface area contributed by atoms with Crippen molar-refractivity contribution in [2.75, 3.05) is 14.2 Å². The molecule has 0 aromatic heterocycles. The fourth-order valence-electron chi connectivity index (χ4n) is 2.87. The van der Waals surface area contributed by atoms with Crippen molar-refractivity contribution >= 4 is 0 Å². The Labute approximate surface area is 88.4 Å². The Morgan fingerprint density at radius 1 is 1.21 bits per heavy atom. The van der Waals surface area contributed by atoms with Crippen molar-refractivity contribution in [3.8, 4) is 0 Å². The molecule has 0 bridgehead atoms. The molecule has 0 saturated heterocycles. The molecule has 3 atom stereocenters. The lowest BCUT2D eigenvalue weighted by atomic mass is 9.77. The molecule has 14 heavy (non-hydrogen) atoms. The minimum Gasteiger partial charge on any atom is -0.381 e. The molecule has 84 valence electrons. The molecule has 1 fully saturated rings. The minimum atomic E-state index is 0.476. The van der Waals surface area contributed by atoms with Crippen LogP contribution in [0.4, 0.5) is 0 Å². The normalized spacial score (nSPS) is 30.6. The SMILES string of the molecule is CNC(C(C)C)C1CCCCC1OC. The van der Waals surface area contributed by atoms with Gasteiger partial charge in [0.2, 0.25) is 0 Å². The van der Waals surface area contributed by atoms with Crippen LogP contribution >= 0.6 is 0 Å². The molecule has 1 saturated carbocycles. The average molecular weight is 199 g/mol. The number of hydrogen-bond donors (Lipinski definition) is 1. The fraction of sp³-hybridized carbons (Fsp3) is 1.00. The van der Waals surface area contributed by atoms with Crippen molar-refractivity contribution in [2.45, 2.75) is 51.7 Å². The van der Waals surface area contributed by atoms with Crippen LogP contribution in [0.2, 0.25) is 0 Å². The van der Waals surface area contributed by atoms with E-state index in [4.69, 9.17) is 4.74 Å². The smallest absolute Gasteiger partial charge is 0.0614 e. The van der Waals surface area contributed by atoms with Gasteiger partial charge in [0.1, 0.15) is 0 Å². The third kappa shape index (κ3) is 2.71. The van der Waals surface area contributed by atoms with E-state index in [9.17, 15) is 0 Å². The molecular formula is C12H25NO. The highest BCUT2D eigenvalue weighted by molar-refractivity contribution is 4.86.